The number of fused-ring (bicyclic) bond motifs is 4. The molecule has 0 aromatic rings. The molecule has 0 aromatic carbocycles. The van der Waals surface area contributed by atoms with E-state index in [1.165, 1.54) is 38.5 Å². The van der Waals surface area contributed by atoms with Gasteiger partial charge in [-0.1, -0.05) is 34.6 Å². The number of rotatable bonds is 2. The molecule has 0 aromatic heterocycles. The summed E-state index contributed by atoms with van der Waals surface area (Å²) in [5, 5.41) is 25.9. The van der Waals surface area contributed by atoms with Crippen LogP contribution in [0.2, 0.25) is 0 Å². The standard InChI is InChI=1S/C29H47NO4/c1-16-13-18(14-30-17(2)31)34-23-22(16)26(5)11-12-29-15-28(29)10-9-21(32)25(3,4)19(28)7-8-20(29)27(26,6)24(23)33/h16,18-24,32-33H,7-15H2,1-6H3,(H,30,31)/t16-,18?,19+,20?,21?,22+,23?,24+,26-,27-,28-,29+/m1/s1. The van der Waals surface area contributed by atoms with Crippen molar-refractivity contribution in [1.29, 1.82) is 0 Å². The summed E-state index contributed by atoms with van der Waals surface area (Å²) in [6, 6.07) is 0. The van der Waals surface area contributed by atoms with Gasteiger partial charge in [0.2, 0.25) is 5.91 Å². The third kappa shape index (κ3) is 2.55. The molecule has 5 aliphatic carbocycles. The minimum Gasteiger partial charge on any atom is -0.393 e. The zero-order valence-electron chi connectivity index (χ0n) is 22.2. The van der Waals surface area contributed by atoms with Gasteiger partial charge < -0.3 is 20.3 Å². The Morgan fingerprint density at radius 1 is 1.00 bits per heavy atom. The number of amides is 1. The van der Waals surface area contributed by atoms with Crippen molar-refractivity contribution in [3.63, 3.8) is 0 Å². The van der Waals surface area contributed by atoms with E-state index >= 15 is 0 Å². The fourth-order valence-electron chi connectivity index (χ4n) is 11.8. The summed E-state index contributed by atoms with van der Waals surface area (Å²) in [6.07, 6.45) is 8.40. The predicted octanol–water partition coefficient (Wildman–Crippen LogP) is 4.30. The Morgan fingerprint density at radius 3 is 2.38 bits per heavy atom. The molecule has 192 valence electrons. The molecule has 0 radical (unpaired) electrons. The van der Waals surface area contributed by atoms with Crippen LogP contribution in [0.5, 0.6) is 0 Å². The molecular formula is C29H47NO4. The fraction of sp³-hybridized carbons (Fsp3) is 0.966. The molecule has 5 saturated carbocycles. The average Bonchev–Trinajstić information content (AvgIpc) is 3.40. The number of hydrogen-bond donors (Lipinski definition) is 3. The summed E-state index contributed by atoms with van der Waals surface area (Å²) in [5.41, 5.74) is 0.634. The van der Waals surface area contributed by atoms with Crippen LogP contribution in [0.25, 0.3) is 0 Å². The number of aliphatic hydroxyl groups is 2. The van der Waals surface area contributed by atoms with Crippen molar-refractivity contribution in [1.82, 2.24) is 5.32 Å². The summed E-state index contributed by atoms with van der Waals surface area (Å²) in [5.74, 6) is 1.96. The third-order valence-corrected chi connectivity index (χ3v) is 13.4. The maximum atomic E-state index is 12.1. The van der Waals surface area contributed by atoms with Crippen LogP contribution < -0.4 is 5.32 Å². The van der Waals surface area contributed by atoms with Crippen LogP contribution in [0.15, 0.2) is 0 Å². The second-order valence-corrected chi connectivity index (χ2v) is 14.6. The van der Waals surface area contributed by atoms with E-state index in [1.54, 1.807) is 6.92 Å². The molecule has 0 bridgehead atoms. The molecular weight excluding hydrogens is 426 g/mol. The molecule has 1 saturated heterocycles. The summed E-state index contributed by atoms with van der Waals surface area (Å²) >= 11 is 0. The molecule has 6 fully saturated rings. The first kappa shape index (κ1) is 23.7. The highest BCUT2D eigenvalue weighted by Crippen LogP contribution is 2.89. The minimum atomic E-state index is -0.455. The van der Waals surface area contributed by atoms with Crippen molar-refractivity contribution in [2.24, 2.45) is 50.7 Å². The van der Waals surface area contributed by atoms with Crippen molar-refractivity contribution in [3.8, 4) is 0 Å². The maximum Gasteiger partial charge on any atom is 0.216 e. The van der Waals surface area contributed by atoms with Crippen LogP contribution >= 0.6 is 0 Å². The Bertz CT molecular complexity index is 889. The molecule has 2 spiro atoms. The second kappa shape index (κ2) is 7.01. The van der Waals surface area contributed by atoms with Gasteiger partial charge >= 0.3 is 0 Å². The number of aliphatic hydroxyl groups excluding tert-OH is 2. The molecule has 6 rings (SSSR count). The molecule has 3 N–H and O–H groups in total. The number of carbonyl (C=O) groups excluding carboxylic acids is 1. The van der Waals surface area contributed by atoms with Crippen LogP contribution in [-0.2, 0) is 9.53 Å². The van der Waals surface area contributed by atoms with Gasteiger partial charge in [-0.25, -0.2) is 0 Å². The van der Waals surface area contributed by atoms with Crippen molar-refractivity contribution in [2.75, 3.05) is 6.54 Å². The smallest absolute Gasteiger partial charge is 0.216 e. The summed E-state index contributed by atoms with van der Waals surface area (Å²) in [7, 11) is 0. The van der Waals surface area contributed by atoms with Gasteiger partial charge in [0.25, 0.3) is 0 Å². The summed E-state index contributed by atoms with van der Waals surface area (Å²) in [4.78, 5) is 11.5. The molecule has 34 heavy (non-hydrogen) atoms. The van der Waals surface area contributed by atoms with E-state index in [2.05, 4.69) is 39.9 Å². The quantitative estimate of drug-likeness (QED) is 0.559. The average molecular weight is 474 g/mol. The van der Waals surface area contributed by atoms with Crippen LogP contribution in [-0.4, -0.2) is 47.1 Å². The first-order valence-corrected chi connectivity index (χ1v) is 14.1. The van der Waals surface area contributed by atoms with Crippen molar-refractivity contribution in [2.45, 2.75) is 117 Å². The van der Waals surface area contributed by atoms with Crippen molar-refractivity contribution < 1.29 is 19.7 Å². The van der Waals surface area contributed by atoms with Crippen molar-refractivity contribution >= 4 is 5.91 Å². The molecule has 6 aliphatic rings. The Kier molecular flexibility index (Phi) is 4.89. The van der Waals surface area contributed by atoms with E-state index in [0.717, 1.165) is 12.8 Å². The number of ether oxygens (including phenoxy) is 1. The predicted molar refractivity (Wildman–Crippen MR) is 131 cm³/mol. The number of hydrogen-bond acceptors (Lipinski definition) is 4. The highest BCUT2D eigenvalue weighted by molar-refractivity contribution is 5.72. The Balaban J connectivity index is 1.34. The summed E-state index contributed by atoms with van der Waals surface area (Å²) < 4.78 is 6.65. The van der Waals surface area contributed by atoms with Crippen LogP contribution in [0.1, 0.15) is 92.9 Å². The Morgan fingerprint density at radius 2 is 1.68 bits per heavy atom. The molecule has 1 amide bonds. The fourth-order valence-corrected chi connectivity index (χ4v) is 11.8. The molecule has 12 atom stereocenters. The van der Waals surface area contributed by atoms with Gasteiger partial charge in [0.1, 0.15) is 0 Å². The van der Waals surface area contributed by atoms with E-state index in [0.29, 0.717) is 41.0 Å². The monoisotopic (exact) mass is 473 g/mol. The van der Waals surface area contributed by atoms with Gasteiger partial charge in [-0.2, -0.15) is 0 Å². The van der Waals surface area contributed by atoms with Gasteiger partial charge in [0.05, 0.1) is 24.4 Å². The van der Waals surface area contributed by atoms with Crippen LogP contribution in [0, 0.1) is 50.7 Å². The molecule has 4 unspecified atom stereocenters. The van der Waals surface area contributed by atoms with E-state index in [4.69, 9.17) is 4.74 Å². The maximum absolute atomic E-state index is 12.1. The Hall–Kier alpha value is -0.650. The van der Waals surface area contributed by atoms with E-state index in [1.807, 2.05) is 0 Å². The lowest BCUT2D eigenvalue weighted by Crippen LogP contribution is -2.59. The van der Waals surface area contributed by atoms with E-state index in [-0.39, 0.29) is 40.5 Å². The van der Waals surface area contributed by atoms with Gasteiger partial charge in [0, 0.05) is 18.9 Å². The zero-order valence-corrected chi connectivity index (χ0v) is 22.2. The van der Waals surface area contributed by atoms with Crippen LogP contribution in [0.3, 0.4) is 0 Å². The lowest BCUT2D eigenvalue weighted by Gasteiger charge is -2.63. The van der Waals surface area contributed by atoms with Crippen molar-refractivity contribution in [3.05, 3.63) is 0 Å². The molecule has 5 heteroatoms. The second-order valence-electron chi connectivity index (χ2n) is 14.6. The van der Waals surface area contributed by atoms with Gasteiger partial charge in [-0.05, 0) is 96.7 Å². The largest absolute Gasteiger partial charge is 0.393 e. The molecule has 1 aliphatic heterocycles. The first-order chi connectivity index (χ1) is 15.8. The Labute approximate surface area is 205 Å². The van der Waals surface area contributed by atoms with E-state index < -0.39 is 6.10 Å². The lowest BCUT2D eigenvalue weighted by atomic mass is 9.41. The highest BCUT2D eigenvalue weighted by atomic mass is 16.5. The topological polar surface area (TPSA) is 78.8 Å². The SMILES string of the molecule is CC(=O)NCC1C[C@@H](C)[C@H]2C(O1)[C@H](O)[C@@]1(C)C3CC[C@H]4C(C)(C)C(O)CC[C@@]45C[C@@]35CC[C@]21C. The van der Waals surface area contributed by atoms with Gasteiger partial charge in [0.15, 0.2) is 0 Å². The lowest BCUT2D eigenvalue weighted by molar-refractivity contribution is -0.182. The first-order valence-electron chi connectivity index (χ1n) is 14.1. The summed E-state index contributed by atoms with van der Waals surface area (Å²) in [6.45, 7) is 14.0. The normalized spacial score (nSPS) is 59.1. The molecule has 1 heterocycles. The van der Waals surface area contributed by atoms with Gasteiger partial charge in [-0.15, -0.1) is 0 Å². The molecule has 5 nitrogen and oxygen atoms in total. The highest BCUT2D eigenvalue weighted by Gasteiger charge is 2.84. The van der Waals surface area contributed by atoms with Gasteiger partial charge in [-0.3, -0.25) is 4.79 Å². The zero-order chi connectivity index (χ0) is 24.5. The third-order valence-electron chi connectivity index (χ3n) is 13.4. The van der Waals surface area contributed by atoms with E-state index in [9.17, 15) is 15.0 Å². The van der Waals surface area contributed by atoms with Crippen LogP contribution in [0.4, 0.5) is 0 Å². The number of carbonyl (C=O) groups is 1. The minimum absolute atomic E-state index is 0.00872. The number of nitrogens with one attached hydrogen (secondary N) is 1.